The van der Waals surface area contributed by atoms with Crippen LogP contribution in [0.3, 0.4) is 0 Å². The normalized spacial score (nSPS) is 12.9. The summed E-state index contributed by atoms with van der Waals surface area (Å²) in [6.45, 7) is 6.88. The topological polar surface area (TPSA) is 86.8 Å². The van der Waals surface area contributed by atoms with Crippen LogP contribution in [0.25, 0.3) is 0 Å². The molecule has 0 spiro atoms. The van der Waals surface area contributed by atoms with Gasteiger partial charge in [0.25, 0.3) is 10.0 Å². The molecule has 0 aromatic heterocycles. The standard InChI is InChI=1S/C30H34Cl3N3O4S/c1-5-21(4)34-30(38)27(6-2)35(18-22-13-16-24(31)26(33)17-22)29(37)19-36(28-10-8-7-9-25(28)32)41(39,40)23-14-11-20(3)12-15-23/h7-17,21,27H,5-6,18-19H2,1-4H3,(H,34,38). The fraction of sp³-hybridized carbons (Fsp3) is 0.333. The van der Waals surface area contributed by atoms with E-state index in [4.69, 9.17) is 34.8 Å². The largest absolute Gasteiger partial charge is 0.352 e. The number of aryl methyl sites for hydroxylation is 1. The van der Waals surface area contributed by atoms with Crippen LogP contribution in [-0.4, -0.2) is 43.8 Å². The average molecular weight is 639 g/mol. The summed E-state index contributed by atoms with van der Waals surface area (Å²) in [5.41, 5.74) is 1.66. The van der Waals surface area contributed by atoms with Gasteiger partial charge in [0.05, 0.1) is 25.7 Å². The zero-order chi connectivity index (χ0) is 30.3. The van der Waals surface area contributed by atoms with Gasteiger partial charge in [0.1, 0.15) is 12.6 Å². The van der Waals surface area contributed by atoms with Crippen LogP contribution in [0.15, 0.2) is 71.6 Å². The molecule has 0 aliphatic carbocycles. The molecular weight excluding hydrogens is 605 g/mol. The van der Waals surface area contributed by atoms with Crippen molar-refractivity contribution in [3.8, 4) is 0 Å². The van der Waals surface area contributed by atoms with Crippen LogP contribution >= 0.6 is 34.8 Å². The van der Waals surface area contributed by atoms with Crippen LogP contribution in [-0.2, 0) is 26.2 Å². The molecule has 0 saturated carbocycles. The fourth-order valence-electron chi connectivity index (χ4n) is 4.20. The zero-order valence-corrected chi connectivity index (χ0v) is 26.5. The van der Waals surface area contributed by atoms with Gasteiger partial charge < -0.3 is 10.2 Å². The van der Waals surface area contributed by atoms with E-state index in [-0.39, 0.29) is 34.1 Å². The smallest absolute Gasteiger partial charge is 0.264 e. The number of hydrogen-bond acceptors (Lipinski definition) is 4. The molecule has 2 atom stereocenters. The van der Waals surface area contributed by atoms with Gasteiger partial charge in [-0.05, 0) is 68.7 Å². The quantitative estimate of drug-likeness (QED) is 0.235. The molecule has 1 N–H and O–H groups in total. The first-order valence-corrected chi connectivity index (χ1v) is 15.8. The fourth-order valence-corrected chi connectivity index (χ4v) is 6.24. The number of anilines is 1. The van der Waals surface area contributed by atoms with E-state index in [2.05, 4.69) is 5.32 Å². The van der Waals surface area contributed by atoms with E-state index in [0.29, 0.717) is 28.5 Å². The monoisotopic (exact) mass is 637 g/mol. The van der Waals surface area contributed by atoms with Crippen LogP contribution in [0.2, 0.25) is 15.1 Å². The number of hydrogen-bond donors (Lipinski definition) is 1. The number of amides is 2. The van der Waals surface area contributed by atoms with Gasteiger partial charge in [0, 0.05) is 12.6 Å². The molecule has 3 aromatic rings. The number of carbonyl (C=O) groups excluding carboxylic acids is 2. The average Bonchev–Trinajstić information content (AvgIpc) is 2.94. The molecule has 220 valence electrons. The van der Waals surface area contributed by atoms with Gasteiger partial charge in [-0.2, -0.15) is 0 Å². The van der Waals surface area contributed by atoms with Crippen LogP contribution in [0.4, 0.5) is 5.69 Å². The number of para-hydroxylation sites is 1. The Bertz CT molecular complexity index is 1480. The van der Waals surface area contributed by atoms with Crippen molar-refractivity contribution < 1.29 is 18.0 Å². The van der Waals surface area contributed by atoms with Crippen molar-refractivity contribution in [2.24, 2.45) is 0 Å². The number of carbonyl (C=O) groups is 2. The molecule has 0 bridgehead atoms. The Morgan fingerprint density at radius 3 is 2.12 bits per heavy atom. The number of sulfonamides is 1. The lowest BCUT2D eigenvalue weighted by Gasteiger charge is -2.34. The lowest BCUT2D eigenvalue weighted by Crippen LogP contribution is -2.53. The summed E-state index contributed by atoms with van der Waals surface area (Å²) in [6.07, 6.45) is 1.00. The van der Waals surface area contributed by atoms with Crippen LogP contribution in [0, 0.1) is 6.92 Å². The third kappa shape index (κ3) is 8.16. The highest BCUT2D eigenvalue weighted by Crippen LogP contribution is 2.31. The molecule has 0 saturated heterocycles. The second kappa shape index (κ2) is 14.4. The van der Waals surface area contributed by atoms with Gasteiger partial charge in [-0.3, -0.25) is 13.9 Å². The number of nitrogens with zero attached hydrogens (tertiary/aromatic N) is 2. The summed E-state index contributed by atoms with van der Waals surface area (Å²) in [4.78, 5) is 28.9. The second-order valence-corrected chi connectivity index (χ2v) is 12.9. The van der Waals surface area contributed by atoms with E-state index < -0.39 is 28.5 Å². The van der Waals surface area contributed by atoms with Crippen molar-refractivity contribution in [1.29, 1.82) is 0 Å². The highest BCUT2D eigenvalue weighted by Gasteiger charge is 2.34. The minimum absolute atomic E-state index is 0.00307. The SMILES string of the molecule is CCC(C)NC(=O)C(CC)N(Cc1ccc(Cl)c(Cl)c1)C(=O)CN(c1ccccc1Cl)S(=O)(=O)c1ccc(C)cc1. The molecule has 41 heavy (non-hydrogen) atoms. The van der Waals surface area contributed by atoms with E-state index in [9.17, 15) is 18.0 Å². The molecule has 3 rings (SSSR count). The minimum Gasteiger partial charge on any atom is -0.352 e. The molecule has 7 nitrogen and oxygen atoms in total. The molecule has 0 radical (unpaired) electrons. The Morgan fingerprint density at radius 2 is 1.54 bits per heavy atom. The van der Waals surface area contributed by atoms with Gasteiger partial charge in [-0.15, -0.1) is 0 Å². The van der Waals surface area contributed by atoms with Crippen LogP contribution < -0.4 is 9.62 Å². The number of halogens is 3. The first-order chi connectivity index (χ1) is 19.4. The van der Waals surface area contributed by atoms with Gasteiger partial charge in [-0.25, -0.2) is 8.42 Å². The molecule has 3 aromatic carbocycles. The highest BCUT2D eigenvalue weighted by atomic mass is 35.5. The summed E-state index contributed by atoms with van der Waals surface area (Å²) < 4.78 is 28.9. The summed E-state index contributed by atoms with van der Waals surface area (Å²) in [5.74, 6) is -0.918. The highest BCUT2D eigenvalue weighted by molar-refractivity contribution is 7.92. The van der Waals surface area contributed by atoms with Crippen molar-refractivity contribution in [2.45, 2.75) is 64.1 Å². The second-order valence-electron chi connectivity index (χ2n) is 9.79. The molecule has 2 amide bonds. The maximum atomic E-state index is 14.1. The Hall–Kier alpha value is -2.78. The van der Waals surface area contributed by atoms with E-state index >= 15 is 0 Å². The Balaban J connectivity index is 2.09. The van der Waals surface area contributed by atoms with Crippen molar-refractivity contribution in [1.82, 2.24) is 10.2 Å². The molecule has 0 fully saturated rings. The van der Waals surface area contributed by atoms with E-state index in [1.165, 1.54) is 23.1 Å². The maximum Gasteiger partial charge on any atom is 0.264 e. The van der Waals surface area contributed by atoms with E-state index in [1.807, 2.05) is 20.8 Å². The lowest BCUT2D eigenvalue weighted by molar-refractivity contribution is -0.140. The minimum atomic E-state index is -4.22. The van der Waals surface area contributed by atoms with Crippen molar-refractivity contribution >= 4 is 62.3 Å². The third-order valence-electron chi connectivity index (χ3n) is 6.73. The van der Waals surface area contributed by atoms with Gasteiger partial charge in [-0.1, -0.05) is 84.5 Å². The van der Waals surface area contributed by atoms with E-state index in [1.54, 1.807) is 55.5 Å². The molecule has 0 heterocycles. The number of rotatable bonds is 12. The maximum absolute atomic E-state index is 14.1. The Kier molecular flexibility index (Phi) is 11.5. The van der Waals surface area contributed by atoms with Crippen LogP contribution in [0.5, 0.6) is 0 Å². The summed E-state index contributed by atoms with van der Waals surface area (Å²) in [5, 5.41) is 3.76. The predicted octanol–water partition coefficient (Wildman–Crippen LogP) is 6.87. The first kappa shape index (κ1) is 32.7. The zero-order valence-electron chi connectivity index (χ0n) is 23.4. The van der Waals surface area contributed by atoms with Gasteiger partial charge in [0.2, 0.25) is 11.8 Å². The molecule has 2 unspecified atom stereocenters. The van der Waals surface area contributed by atoms with Crippen molar-refractivity contribution in [2.75, 3.05) is 10.8 Å². The van der Waals surface area contributed by atoms with Gasteiger partial charge in [0.15, 0.2) is 0 Å². The Labute approximate surface area is 257 Å². The summed E-state index contributed by atoms with van der Waals surface area (Å²) in [6, 6.07) is 16.7. The van der Waals surface area contributed by atoms with Gasteiger partial charge >= 0.3 is 0 Å². The van der Waals surface area contributed by atoms with Crippen molar-refractivity contribution in [3.05, 3.63) is 92.9 Å². The molecule has 0 aliphatic heterocycles. The third-order valence-corrected chi connectivity index (χ3v) is 9.57. The molecule has 0 aliphatic rings. The number of nitrogens with one attached hydrogen (secondary N) is 1. The molecular formula is C30H34Cl3N3O4S. The number of benzene rings is 3. The van der Waals surface area contributed by atoms with E-state index in [0.717, 1.165) is 9.87 Å². The summed E-state index contributed by atoms with van der Waals surface area (Å²) >= 11 is 18.8. The summed E-state index contributed by atoms with van der Waals surface area (Å²) in [7, 11) is -4.22. The van der Waals surface area contributed by atoms with Crippen molar-refractivity contribution in [3.63, 3.8) is 0 Å². The lowest BCUT2D eigenvalue weighted by atomic mass is 10.1. The predicted molar refractivity (Wildman–Crippen MR) is 166 cm³/mol. The van der Waals surface area contributed by atoms with Crippen LogP contribution in [0.1, 0.15) is 44.7 Å². The Morgan fingerprint density at radius 1 is 0.878 bits per heavy atom. The molecule has 11 heteroatoms. The first-order valence-electron chi connectivity index (χ1n) is 13.3.